The van der Waals surface area contributed by atoms with Gasteiger partial charge in [0, 0.05) is 48.1 Å². The van der Waals surface area contributed by atoms with E-state index in [9.17, 15) is 5.11 Å². The fourth-order valence-corrected chi connectivity index (χ4v) is 5.88. The van der Waals surface area contributed by atoms with Crippen molar-refractivity contribution >= 4 is 29.6 Å². The van der Waals surface area contributed by atoms with Crippen molar-refractivity contribution in [2.75, 3.05) is 19.7 Å². The van der Waals surface area contributed by atoms with Gasteiger partial charge in [-0.2, -0.15) is 0 Å². The Bertz CT molecular complexity index is 1170. The molecule has 6 heteroatoms. The quantitative estimate of drug-likeness (QED) is 0.596. The predicted octanol–water partition coefficient (Wildman–Crippen LogP) is 5.38. The Kier molecular flexibility index (Phi) is 7.37. The monoisotopic (exact) mass is 490 g/mol. The van der Waals surface area contributed by atoms with Gasteiger partial charge in [0.2, 0.25) is 0 Å². The molecule has 3 N–H and O–H groups in total. The fourth-order valence-electron chi connectivity index (χ4n) is 5.41. The molecule has 1 atom stereocenters. The zero-order valence-corrected chi connectivity index (χ0v) is 21.3. The van der Waals surface area contributed by atoms with Crippen LogP contribution in [-0.2, 0) is 6.42 Å². The molecule has 4 aliphatic rings. The number of aromatic nitrogens is 1. The summed E-state index contributed by atoms with van der Waals surface area (Å²) in [4.78, 5) is 12.2. The number of fused-ring (bicyclic) bond motifs is 2. The minimum Gasteiger partial charge on any atom is -0.392 e. The number of nitrogens with zero attached hydrogens (tertiary/aromatic N) is 3. The molecule has 3 heterocycles. The molecular formula is C29H35ClN4O. The van der Waals surface area contributed by atoms with Gasteiger partial charge in [-0.15, -0.1) is 0 Å². The van der Waals surface area contributed by atoms with Crippen molar-refractivity contribution in [3.8, 4) is 0 Å². The van der Waals surface area contributed by atoms with Crippen LogP contribution in [0.5, 0.6) is 0 Å². The summed E-state index contributed by atoms with van der Waals surface area (Å²) in [6.07, 6.45) is 19.4. The highest BCUT2D eigenvalue weighted by molar-refractivity contribution is 6.33. The maximum atomic E-state index is 9.64. The van der Waals surface area contributed by atoms with E-state index >= 15 is 0 Å². The van der Waals surface area contributed by atoms with Crippen molar-refractivity contribution in [2.24, 2.45) is 16.6 Å². The lowest BCUT2D eigenvalue weighted by Gasteiger charge is -2.41. The third kappa shape index (κ3) is 5.23. The highest BCUT2D eigenvalue weighted by atomic mass is 35.5. The van der Waals surface area contributed by atoms with Gasteiger partial charge in [0.05, 0.1) is 12.3 Å². The number of allylic oxidation sites excluding steroid dienone is 4. The van der Waals surface area contributed by atoms with Gasteiger partial charge in [-0.25, -0.2) is 4.99 Å². The lowest BCUT2D eigenvalue weighted by Crippen LogP contribution is -2.58. The van der Waals surface area contributed by atoms with Crippen molar-refractivity contribution in [3.63, 3.8) is 0 Å². The number of pyridine rings is 1. The summed E-state index contributed by atoms with van der Waals surface area (Å²) in [5.41, 5.74) is 13.8. The van der Waals surface area contributed by atoms with E-state index in [0.717, 1.165) is 83.3 Å². The third-order valence-corrected chi connectivity index (χ3v) is 7.96. The first-order chi connectivity index (χ1) is 17.1. The largest absolute Gasteiger partial charge is 0.392 e. The topological polar surface area (TPSA) is 74.7 Å². The lowest BCUT2D eigenvalue weighted by atomic mass is 9.86. The summed E-state index contributed by atoms with van der Waals surface area (Å²) >= 11 is 7.13. The molecule has 1 unspecified atom stereocenters. The van der Waals surface area contributed by atoms with Crippen molar-refractivity contribution in [1.82, 2.24) is 9.88 Å². The Morgan fingerprint density at radius 1 is 1.29 bits per heavy atom. The molecule has 5 nitrogen and oxygen atoms in total. The molecular weight excluding hydrogens is 456 g/mol. The SMILES string of the molecule is CCC1CCCCC2=CC/C(=C/c3cnc4c(c3)CC(CO)=CC=C4)N=C(N3CC(N)C3)C2=C1Cl. The van der Waals surface area contributed by atoms with Gasteiger partial charge in [0.25, 0.3) is 0 Å². The van der Waals surface area contributed by atoms with Crippen LogP contribution in [0.1, 0.15) is 62.3 Å². The van der Waals surface area contributed by atoms with Crippen LogP contribution in [0.15, 0.2) is 62.9 Å². The average Bonchev–Trinajstić information content (AvgIpc) is 3.14. The molecule has 184 valence electrons. The maximum Gasteiger partial charge on any atom is 0.137 e. The van der Waals surface area contributed by atoms with Crippen LogP contribution >= 0.6 is 11.6 Å². The summed E-state index contributed by atoms with van der Waals surface area (Å²) in [6, 6.07) is 2.36. The van der Waals surface area contributed by atoms with Crippen LogP contribution in [-0.4, -0.2) is 46.6 Å². The first-order valence-electron chi connectivity index (χ1n) is 12.9. The molecule has 0 spiro atoms. The molecule has 2 aliphatic carbocycles. The second kappa shape index (κ2) is 10.7. The average molecular weight is 491 g/mol. The zero-order valence-electron chi connectivity index (χ0n) is 20.5. The standard InChI is InChI=1S/C29H35ClN4O/c1-2-21-7-3-4-8-22-10-11-25(33-29(27(22)28(21)30)34-16-24(31)17-34)14-20-13-23-12-19(18-35)6-5-9-26(23)32-15-20/h5-6,9-10,13-15,21,24,35H,2-4,7-8,11-12,16-18,31H2,1H3/b25-14-,28-27?. The number of rotatable bonds is 3. The van der Waals surface area contributed by atoms with E-state index in [1.165, 1.54) is 18.4 Å². The first kappa shape index (κ1) is 24.2. The summed E-state index contributed by atoms with van der Waals surface area (Å²) in [6.45, 7) is 3.91. The van der Waals surface area contributed by atoms with Crippen LogP contribution in [0.25, 0.3) is 12.2 Å². The minimum atomic E-state index is 0.0585. The van der Waals surface area contributed by atoms with Gasteiger partial charge >= 0.3 is 0 Å². The maximum absolute atomic E-state index is 9.64. The van der Waals surface area contributed by atoms with E-state index < -0.39 is 0 Å². The Morgan fingerprint density at radius 2 is 2.14 bits per heavy atom. The summed E-state index contributed by atoms with van der Waals surface area (Å²) in [5.74, 6) is 1.37. The predicted molar refractivity (Wildman–Crippen MR) is 145 cm³/mol. The number of hydrogen-bond acceptors (Lipinski definition) is 5. The van der Waals surface area contributed by atoms with E-state index in [0.29, 0.717) is 12.3 Å². The van der Waals surface area contributed by atoms with Gasteiger partial charge in [-0.3, -0.25) is 4.98 Å². The lowest BCUT2D eigenvalue weighted by molar-refractivity contribution is 0.254. The molecule has 35 heavy (non-hydrogen) atoms. The second-order valence-electron chi connectivity index (χ2n) is 10.1. The number of nitrogens with two attached hydrogens (primary N) is 1. The number of aliphatic hydroxyl groups excluding tert-OH is 1. The molecule has 1 fully saturated rings. The van der Waals surface area contributed by atoms with Gasteiger partial charge in [-0.05, 0) is 78.5 Å². The number of aliphatic hydroxyl groups is 1. The van der Waals surface area contributed by atoms with Crippen molar-refractivity contribution < 1.29 is 5.11 Å². The van der Waals surface area contributed by atoms with E-state index in [-0.39, 0.29) is 12.6 Å². The van der Waals surface area contributed by atoms with Gasteiger partial charge in [-0.1, -0.05) is 43.2 Å². The number of likely N-dealkylation sites (tertiary alicyclic amines) is 1. The zero-order chi connectivity index (χ0) is 24.4. The smallest absolute Gasteiger partial charge is 0.137 e. The molecule has 1 aromatic rings. The van der Waals surface area contributed by atoms with E-state index in [4.69, 9.17) is 27.3 Å². The highest BCUT2D eigenvalue weighted by Gasteiger charge is 2.33. The van der Waals surface area contributed by atoms with E-state index in [2.05, 4.69) is 30.0 Å². The van der Waals surface area contributed by atoms with Crippen LogP contribution in [0.3, 0.4) is 0 Å². The number of hydrogen-bond donors (Lipinski definition) is 2. The first-order valence-corrected chi connectivity index (χ1v) is 13.3. The van der Waals surface area contributed by atoms with Crippen LogP contribution in [0.4, 0.5) is 0 Å². The summed E-state index contributed by atoms with van der Waals surface area (Å²) in [7, 11) is 0. The Hall–Kier alpha value is -2.47. The molecule has 0 aromatic carbocycles. The van der Waals surface area contributed by atoms with Crippen LogP contribution in [0, 0.1) is 5.92 Å². The fraction of sp³-hybridized carbons (Fsp3) is 0.448. The van der Waals surface area contributed by atoms with E-state index in [1.807, 2.05) is 24.4 Å². The van der Waals surface area contributed by atoms with Gasteiger partial charge in [0.15, 0.2) is 0 Å². The van der Waals surface area contributed by atoms with E-state index in [1.54, 1.807) is 0 Å². The summed E-state index contributed by atoms with van der Waals surface area (Å²) in [5, 5.41) is 10.6. The van der Waals surface area contributed by atoms with Crippen molar-refractivity contribution in [2.45, 2.75) is 57.9 Å². The molecule has 0 amide bonds. The van der Waals surface area contributed by atoms with Crippen LogP contribution in [0.2, 0.25) is 0 Å². The number of aliphatic imine (C=N–C) groups is 1. The summed E-state index contributed by atoms with van der Waals surface area (Å²) < 4.78 is 0. The molecule has 1 aromatic heterocycles. The van der Waals surface area contributed by atoms with Gasteiger partial charge in [0.1, 0.15) is 5.84 Å². The molecule has 0 saturated carbocycles. The van der Waals surface area contributed by atoms with Gasteiger partial charge < -0.3 is 15.7 Å². The Balaban J connectivity index is 1.56. The van der Waals surface area contributed by atoms with Crippen molar-refractivity contribution in [3.05, 3.63) is 74.8 Å². The third-order valence-electron chi connectivity index (χ3n) is 7.46. The van der Waals surface area contributed by atoms with Crippen LogP contribution < -0.4 is 5.73 Å². The number of amidine groups is 1. The minimum absolute atomic E-state index is 0.0585. The second-order valence-corrected chi connectivity index (χ2v) is 10.5. The van der Waals surface area contributed by atoms with Crippen molar-refractivity contribution in [1.29, 1.82) is 0 Å². The molecule has 1 saturated heterocycles. The Morgan fingerprint density at radius 3 is 2.91 bits per heavy atom. The molecule has 0 radical (unpaired) electrons. The molecule has 0 bridgehead atoms. The molecule has 2 aliphatic heterocycles. The highest BCUT2D eigenvalue weighted by Crippen LogP contribution is 2.39. The molecule has 5 rings (SSSR count). The Labute approximate surface area is 213 Å². The normalized spacial score (nSPS) is 24.3. The number of halogens is 1.